The van der Waals surface area contributed by atoms with E-state index >= 15 is 0 Å². The third kappa shape index (κ3) is 2.10. The van der Waals surface area contributed by atoms with E-state index in [0.717, 1.165) is 31.3 Å². The predicted octanol–water partition coefficient (Wildman–Crippen LogP) is 3.16. The van der Waals surface area contributed by atoms with Crippen molar-refractivity contribution in [1.82, 2.24) is 0 Å². The molecule has 0 spiro atoms. The summed E-state index contributed by atoms with van der Waals surface area (Å²) < 4.78 is 0. The second kappa shape index (κ2) is 5.63. The largest absolute Gasteiger partial charge is 0.399 e. The molecule has 0 aliphatic heterocycles. The highest BCUT2D eigenvalue weighted by atomic mass is 14.7. The summed E-state index contributed by atoms with van der Waals surface area (Å²) in [5, 5.41) is 28.8. The topological polar surface area (TPSA) is 97.4 Å². The van der Waals surface area contributed by atoms with Gasteiger partial charge >= 0.3 is 0 Å². The lowest BCUT2D eigenvalue weighted by molar-refractivity contribution is 0.200. The molecule has 0 heterocycles. The minimum absolute atomic E-state index is 0.0925. The van der Waals surface area contributed by atoms with Gasteiger partial charge in [-0.15, -0.1) is 0 Å². The molecular weight excluding hydrogens is 260 g/mol. The molecule has 2 aliphatic carbocycles. The van der Waals surface area contributed by atoms with E-state index in [1.165, 1.54) is 0 Å². The molecular formula is C17H20N4. The van der Waals surface area contributed by atoms with Gasteiger partial charge in [-0.05, 0) is 36.7 Å². The molecule has 0 fully saturated rings. The summed E-state index contributed by atoms with van der Waals surface area (Å²) in [5.74, 6) is 0.478. The maximum absolute atomic E-state index is 9.66. The Balaban J connectivity index is 2.71. The first-order chi connectivity index (χ1) is 10.1. The molecule has 0 unspecified atom stereocenters. The lowest BCUT2D eigenvalue weighted by Gasteiger charge is -2.44. The molecule has 0 aromatic carbocycles. The zero-order chi connectivity index (χ0) is 15.6. The Morgan fingerprint density at radius 2 is 2.00 bits per heavy atom. The van der Waals surface area contributed by atoms with Gasteiger partial charge in [0.15, 0.2) is 5.41 Å². The minimum Gasteiger partial charge on any atom is -0.399 e. The Kier molecular flexibility index (Phi) is 4.06. The van der Waals surface area contributed by atoms with E-state index in [9.17, 15) is 15.8 Å². The van der Waals surface area contributed by atoms with E-state index in [1.807, 2.05) is 0 Å². The first-order valence-corrected chi connectivity index (χ1v) is 7.48. The van der Waals surface area contributed by atoms with E-state index in [4.69, 9.17) is 5.73 Å². The van der Waals surface area contributed by atoms with Gasteiger partial charge in [0.05, 0.1) is 23.4 Å². The van der Waals surface area contributed by atoms with E-state index in [1.54, 1.807) is 0 Å². The molecule has 2 aliphatic rings. The van der Waals surface area contributed by atoms with Gasteiger partial charge < -0.3 is 5.73 Å². The van der Waals surface area contributed by atoms with Gasteiger partial charge in [-0.1, -0.05) is 26.3 Å². The number of hydrogen-bond donors (Lipinski definition) is 1. The predicted molar refractivity (Wildman–Crippen MR) is 78.9 cm³/mol. The van der Waals surface area contributed by atoms with Crippen molar-refractivity contribution in [2.45, 2.75) is 39.5 Å². The van der Waals surface area contributed by atoms with Gasteiger partial charge in [0.1, 0.15) is 6.07 Å². The Morgan fingerprint density at radius 1 is 1.33 bits per heavy atom. The maximum atomic E-state index is 9.66. The van der Waals surface area contributed by atoms with Crippen LogP contribution in [0.25, 0.3) is 0 Å². The fraction of sp³-hybridized carbons (Fsp3) is 0.588. The van der Waals surface area contributed by atoms with Crippen molar-refractivity contribution in [3.05, 3.63) is 22.9 Å². The monoisotopic (exact) mass is 280 g/mol. The van der Waals surface area contributed by atoms with Crippen molar-refractivity contribution < 1.29 is 0 Å². The number of allylic oxidation sites excluding steroid dienone is 4. The van der Waals surface area contributed by atoms with E-state index in [-0.39, 0.29) is 17.5 Å². The SMILES string of the molecule is CCC[C@H]1[C@H]2C[C@H](C)CC=C2C(C#N)=C(N)C1(C#N)C#N. The molecule has 0 amide bonds. The molecule has 108 valence electrons. The first-order valence-electron chi connectivity index (χ1n) is 7.48. The summed E-state index contributed by atoms with van der Waals surface area (Å²) in [6.07, 6.45) is 5.60. The molecule has 0 radical (unpaired) electrons. The van der Waals surface area contributed by atoms with Gasteiger partial charge in [0.25, 0.3) is 0 Å². The molecule has 21 heavy (non-hydrogen) atoms. The highest BCUT2D eigenvalue weighted by molar-refractivity contribution is 5.56. The average Bonchev–Trinajstić information content (AvgIpc) is 2.49. The second-order valence-corrected chi connectivity index (χ2v) is 6.17. The minimum atomic E-state index is -1.36. The average molecular weight is 280 g/mol. The molecule has 0 bridgehead atoms. The highest BCUT2D eigenvalue weighted by Gasteiger charge is 2.52. The van der Waals surface area contributed by atoms with Crippen LogP contribution in [-0.4, -0.2) is 0 Å². The van der Waals surface area contributed by atoms with Crippen molar-refractivity contribution in [3.8, 4) is 18.2 Å². The van der Waals surface area contributed by atoms with Gasteiger partial charge in [-0.2, -0.15) is 15.8 Å². The number of rotatable bonds is 2. The van der Waals surface area contributed by atoms with Gasteiger partial charge in [0, 0.05) is 5.92 Å². The van der Waals surface area contributed by atoms with Crippen LogP contribution in [0.1, 0.15) is 39.5 Å². The van der Waals surface area contributed by atoms with Crippen LogP contribution >= 0.6 is 0 Å². The first kappa shape index (κ1) is 15.1. The van der Waals surface area contributed by atoms with Crippen LogP contribution < -0.4 is 5.73 Å². The van der Waals surface area contributed by atoms with Crippen LogP contribution in [-0.2, 0) is 0 Å². The summed E-state index contributed by atoms with van der Waals surface area (Å²) in [4.78, 5) is 0. The lowest BCUT2D eigenvalue weighted by Crippen LogP contribution is -2.44. The summed E-state index contributed by atoms with van der Waals surface area (Å²) >= 11 is 0. The molecule has 0 aromatic rings. The summed E-state index contributed by atoms with van der Waals surface area (Å²) in [5.41, 5.74) is 6.25. The molecule has 4 heteroatoms. The normalized spacial score (nSPS) is 30.4. The summed E-state index contributed by atoms with van der Waals surface area (Å²) in [7, 11) is 0. The lowest BCUT2D eigenvalue weighted by atomic mass is 9.56. The Bertz CT molecular complexity index is 607. The number of nitrogens with two attached hydrogens (primary N) is 1. The van der Waals surface area contributed by atoms with Gasteiger partial charge in [-0.3, -0.25) is 0 Å². The molecule has 0 aromatic heterocycles. The standard InChI is InChI=1S/C17H20N4/c1-3-4-15-13-7-11(2)5-6-12(13)14(8-18)16(21)17(15,9-19)10-20/h6,11,13,15H,3-5,7,21H2,1-2H3/t11-,13+,15+/m1/s1. The Labute approximate surface area is 126 Å². The molecule has 3 atom stereocenters. The summed E-state index contributed by atoms with van der Waals surface area (Å²) in [6, 6.07) is 6.42. The fourth-order valence-corrected chi connectivity index (χ4v) is 3.82. The number of fused-ring (bicyclic) bond motifs is 1. The van der Waals surface area contributed by atoms with Crippen LogP contribution in [0.4, 0.5) is 0 Å². The Hall–Kier alpha value is -2.25. The van der Waals surface area contributed by atoms with Crippen molar-refractivity contribution in [1.29, 1.82) is 15.8 Å². The number of nitrogens with zero attached hydrogens (tertiary/aromatic N) is 3. The molecule has 2 rings (SSSR count). The van der Waals surface area contributed by atoms with Crippen molar-refractivity contribution in [2.24, 2.45) is 28.9 Å². The zero-order valence-electron chi connectivity index (χ0n) is 12.6. The maximum Gasteiger partial charge on any atom is 0.187 e. The fourth-order valence-electron chi connectivity index (χ4n) is 3.82. The van der Waals surface area contributed by atoms with Crippen molar-refractivity contribution >= 4 is 0 Å². The quantitative estimate of drug-likeness (QED) is 0.840. The van der Waals surface area contributed by atoms with E-state index in [0.29, 0.717) is 11.5 Å². The van der Waals surface area contributed by atoms with Crippen LogP contribution in [0.15, 0.2) is 22.9 Å². The summed E-state index contributed by atoms with van der Waals surface area (Å²) in [6.45, 7) is 4.22. The molecule has 0 saturated heterocycles. The zero-order valence-corrected chi connectivity index (χ0v) is 12.6. The van der Waals surface area contributed by atoms with Crippen molar-refractivity contribution in [2.75, 3.05) is 0 Å². The van der Waals surface area contributed by atoms with Crippen LogP contribution in [0.2, 0.25) is 0 Å². The number of nitriles is 3. The Morgan fingerprint density at radius 3 is 2.52 bits per heavy atom. The van der Waals surface area contributed by atoms with Gasteiger partial charge in [-0.25, -0.2) is 0 Å². The smallest absolute Gasteiger partial charge is 0.187 e. The third-order valence-corrected chi connectivity index (χ3v) is 4.88. The molecule has 0 saturated carbocycles. The number of hydrogen-bond acceptors (Lipinski definition) is 4. The van der Waals surface area contributed by atoms with Crippen LogP contribution in [0.3, 0.4) is 0 Å². The van der Waals surface area contributed by atoms with E-state index in [2.05, 4.69) is 38.1 Å². The van der Waals surface area contributed by atoms with Crippen molar-refractivity contribution in [3.63, 3.8) is 0 Å². The van der Waals surface area contributed by atoms with E-state index < -0.39 is 5.41 Å². The third-order valence-electron chi connectivity index (χ3n) is 4.88. The molecule has 4 nitrogen and oxygen atoms in total. The van der Waals surface area contributed by atoms with Gasteiger partial charge in [0.2, 0.25) is 0 Å². The van der Waals surface area contributed by atoms with Crippen LogP contribution in [0.5, 0.6) is 0 Å². The molecule has 2 N–H and O–H groups in total. The van der Waals surface area contributed by atoms with Crippen LogP contribution in [0, 0.1) is 57.2 Å². The second-order valence-electron chi connectivity index (χ2n) is 6.17. The highest BCUT2D eigenvalue weighted by Crippen LogP contribution is 2.53.